The molecule has 0 aliphatic heterocycles. The van der Waals surface area contributed by atoms with Crippen LogP contribution < -0.4 is 10.9 Å². The summed E-state index contributed by atoms with van der Waals surface area (Å²) in [5, 5.41) is 10.8. The van der Waals surface area contributed by atoms with Crippen molar-refractivity contribution in [1.29, 1.82) is 0 Å². The van der Waals surface area contributed by atoms with Gasteiger partial charge in [0.2, 0.25) is 0 Å². The van der Waals surface area contributed by atoms with Crippen LogP contribution in [0.5, 0.6) is 0 Å². The van der Waals surface area contributed by atoms with Crippen molar-refractivity contribution in [1.82, 2.24) is 15.8 Å². The van der Waals surface area contributed by atoms with Crippen LogP contribution in [0.4, 0.5) is 5.69 Å². The third kappa shape index (κ3) is 3.70. The van der Waals surface area contributed by atoms with Gasteiger partial charge in [0.15, 0.2) is 5.78 Å². The Morgan fingerprint density at radius 3 is 2.55 bits per heavy atom. The van der Waals surface area contributed by atoms with E-state index in [0.29, 0.717) is 0 Å². The molecule has 22 heavy (non-hydrogen) atoms. The van der Waals surface area contributed by atoms with Crippen LogP contribution in [0.1, 0.15) is 20.8 Å². The highest BCUT2D eigenvalue weighted by Crippen LogP contribution is 2.17. The molecule has 0 saturated carbocycles. The van der Waals surface area contributed by atoms with E-state index in [4.69, 9.17) is 0 Å². The fourth-order valence-corrected chi connectivity index (χ4v) is 1.73. The summed E-state index contributed by atoms with van der Waals surface area (Å²) >= 11 is 0. The lowest BCUT2D eigenvalue weighted by atomic mass is 10.1. The summed E-state index contributed by atoms with van der Waals surface area (Å²) < 4.78 is 0. The van der Waals surface area contributed by atoms with Crippen LogP contribution in [0.15, 0.2) is 48.7 Å². The van der Waals surface area contributed by atoms with Gasteiger partial charge in [0.1, 0.15) is 5.69 Å². The number of hydrogen-bond donors (Lipinski definition) is 2. The third-order valence-electron chi connectivity index (χ3n) is 2.75. The predicted octanol–water partition coefficient (Wildman–Crippen LogP) is 1.11. The molecule has 0 bridgehead atoms. The molecule has 0 fully saturated rings. The minimum Gasteiger partial charge on any atom is -0.292 e. The molecule has 1 amide bonds. The number of Topliss-reactive ketones (excluding diaryl/α,β-unsaturated/α-hetero) is 1. The molecule has 0 unspecified atom stereocenters. The first kappa shape index (κ1) is 15.3. The number of rotatable bonds is 6. The van der Waals surface area contributed by atoms with Gasteiger partial charge in [-0.15, -0.1) is 0 Å². The lowest BCUT2D eigenvalue weighted by Gasteiger charge is -2.06. The van der Waals surface area contributed by atoms with E-state index in [2.05, 4.69) is 15.8 Å². The number of carbonyl (C=O) groups excluding carboxylic acids is 2. The lowest BCUT2D eigenvalue weighted by Crippen LogP contribution is -2.40. The van der Waals surface area contributed by atoms with E-state index in [-0.39, 0.29) is 23.5 Å². The van der Waals surface area contributed by atoms with Gasteiger partial charge in [0, 0.05) is 12.3 Å². The van der Waals surface area contributed by atoms with E-state index in [1.165, 1.54) is 36.5 Å². The highest BCUT2D eigenvalue weighted by Gasteiger charge is 2.18. The first-order chi connectivity index (χ1) is 10.6. The van der Waals surface area contributed by atoms with Crippen molar-refractivity contribution in [2.45, 2.75) is 0 Å². The van der Waals surface area contributed by atoms with Crippen molar-refractivity contribution in [3.63, 3.8) is 0 Å². The molecule has 2 aromatic rings. The molecule has 0 radical (unpaired) electrons. The van der Waals surface area contributed by atoms with Gasteiger partial charge in [-0.3, -0.25) is 30.1 Å². The largest absolute Gasteiger partial charge is 0.292 e. The van der Waals surface area contributed by atoms with Crippen LogP contribution in [0.25, 0.3) is 0 Å². The average molecular weight is 300 g/mol. The Morgan fingerprint density at radius 1 is 1.14 bits per heavy atom. The molecule has 1 heterocycles. The molecule has 0 atom stereocenters. The summed E-state index contributed by atoms with van der Waals surface area (Å²) in [6.07, 6.45) is 1.47. The molecule has 2 rings (SSSR count). The number of pyridine rings is 1. The van der Waals surface area contributed by atoms with Crippen LogP contribution in [0.3, 0.4) is 0 Å². The number of nitro groups is 1. The Hall–Kier alpha value is -3.13. The van der Waals surface area contributed by atoms with Crippen molar-refractivity contribution in [2.24, 2.45) is 0 Å². The number of nitrogens with one attached hydrogen (secondary N) is 2. The quantitative estimate of drug-likeness (QED) is 0.469. The van der Waals surface area contributed by atoms with E-state index < -0.39 is 16.6 Å². The van der Waals surface area contributed by atoms with Gasteiger partial charge in [-0.1, -0.05) is 18.2 Å². The molecule has 1 aromatic carbocycles. The molecule has 0 aliphatic carbocycles. The fraction of sp³-hybridized carbons (Fsp3) is 0.0714. The summed E-state index contributed by atoms with van der Waals surface area (Å²) in [5.74, 6) is -1.01. The number of carbonyl (C=O) groups is 2. The number of hydrazine groups is 1. The van der Waals surface area contributed by atoms with Crippen LogP contribution in [-0.2, 0) is 0 Å². The van der Waals surface area contributed by atoms with Crippen molar-refractivity contribution >= 4 is 17.4 Å². The predicted molar refractivity (Wildman–Crippen MR) is 77.1 cm³/mol. The normalized spacial score (nSPS) is 10.0. The minimum absolute atomic E-state index is 0.0212. The molecular weight excluding hydrogens is 288 g/mol. The molecule has 0 spiro atoms. The van der Waals surface area contributed by atoms with Gasteiger partial charge in [0.25, 0.3) is 11.6 Å². The summed E-state index contributed by atoms with van der Waals surface area (Å²) in [5.41, 5.74) is 4.64. The van der Waals surface area contributed by atoms with Crippen LogP contribution in [0.2, 0.25) is 0 Å². The lowest BCUT2D eigenvalue weighted by molar-refractivity contribution is -0.385. The van der Waals surface area contributed by atoms with Gasteiger partial charge in [-0.25, -0.2) is 5.43 Å². The summed E-state index contributed by atoms with van der Waals surface area (Å²) in [4.78, 5) is 37.7. The van der Waals surface area contributed by atoms with Gasteiger partial charge in [-0.05, 0) is 18.2 Å². The van der Waals surface area contributed by atoms with Crippen molar-refractivity contribution < 1.29 is 14.5 Å². The summed E-state index contributed by atoms with van der Waals surface area (Å²) in [6.45, 7) is -0.274. The third-order valence-corrected chi connectivity index (χ3v) is 2.75. The first-order valence-electron chi connectivity index (χ1n) is 6.30. The summed E-state index contributed by atoms with van der Waals surface area (Å²) in [7, 11) is 0. The molecule has 0 saturated heterocycles. The molecule has 8 nitrogen and oxygen atoms in total. The number of amides is 1. The van der Waals surface area contributed by atoms with E-state index in [1.807, 2.05) is 0 Å². The Bertz CT molecular complexity index is 703. The number of hydrogen-bond acceptors (Lipinski definition) is 6. The number of aromatic nitrogens is 1. The van der Waals surface area contributed by atoms with Crippen LogP contribution in [-0.4, -0.2) is 28.1 Å². The van der Waals surface area contributed by atoms with E-state index in [0.717, 1.165) is 0 Å². The SMILES string of the molecule is O=C(NNCC(=O)c1ccccc1[N+](=O)[O-])c1ccccn1. The molecule has 112 valence electrons. The number of benzene rings is 1. The van der Waals surface area contributed by atoms with Crippen LogP contribution in [0, 0.1) is 10.1 Å². The maximum atomic E-state index is 12.0. The van der Waals surface area contributed by atoms with Crippen molar-refractivity contribution in [2.75, 3.05) is 6.54 Å². The van der Waals surface area contributed by atoms with Gasteiger partial charge in [-0.2, -0.15) is 0 Å². The standard InChI is InChI=1S/C14H12N4O4/c19-13(10-5-1-2-7-12(10)18(21)22)9-16-17-14(20)11-6-3-4-8-15-11/h1-8,16H,9H2,(H,17,20). The second-order valence-electron chi connectivity index (χ2n) is 4.22. The smallest absolute Gasteiger partial charge is 0.283 e. The first-order valence-corrected chi connectivity index (χ1v) is 6.30. The molecule has 0 aliphatic rings. The molecule has 1 aromatic heterocycles. The van der Waals surface area contributed by atoms with Gasteiger partial charge in [0.05, 0.1) is 17.0 Å². The van der Waals surface area contributed by atoms with E-state index >= 15 is 0 Å². The molecule has 8 heteroatoms. The van der Waals surface area contributed by atoms with Crippen LogP contribution >= 0.6 is 0 Å². The Labute approximate surface area is 125 Å². The average Bonchev–Trinajstić information content (AvgIpc) is 2.55. The highest BCUT2D eigenvalue weighted by molar-refractivity contribution is 6.01. The Kier molecular flexibility index (Phi) is 4.89. The molecule has 2 N–H and O–H groups in total. The second kappa shape index (κ2) is 7.04. The van der Waals surface area contributed by atoms with E-state index in [1.54, 1.807) is 12.1 Å². The van der Waals surface area contributed by atoms with Crippen molar-refractivity contribution in [3.8, 4) is 0 Å². The second-order valence-corrected chi connectivity index (χ2v) is 4.22. The van der Waals surface area contributed by atoms with Gasteiger partial charge < -0.3 is 0 Å². The number of ketones is 1. The summed E-state index contributed by atoms with van der Waals surface area (Å²) in [6, 6.07) is 10.5. The highest BCUT2D eigenvalue weighted by atomic mass is 16.6. The topological polar surface area (TPSA) is 114 Å². The maximum Gasteiger partial charge on any atom is 0.283 e. The number of nitrogens with zero attached hydrogens (tertiary/aromatic N) is 2. The monoisotopic (exact) mass is 300 g/mol. The molecular formula is C14H12N4O4. The zero-order valence-electron chi connectivity index (χ0n) is 11.4. The maximum absolute atomic E-state index is 12.0. The number of para-hydroxylation sites is 1. The zero-order chi connectivity index (χ0) is 15.9. The number of nitro benzene ring substituents is 1. The minimum atomic E-state index is -0.625. The van der Waals surface area contributed by atoms with E-state index in [9.17, 15) is 19.7 Å². The Morgan fingerprint density at radius 2 is 1.86 bits per heavy atom. The fourth-order valence-electron chi connectivity index (χ4n) is 1.73. The Balaban J connectivity index is 1.94. The van der Waals surface area contributed by atoms with Gasteiger partial charge >= 0.3 is 0 Å². The zero-order valence-corrected chi connectivity index (χ0v) is 11.4. The van der Waals surface area contributed by atoms with Crippen molar-refractivity contribution in [3.05, 3.63) is 70.0 Å².